The zero-order valence-electron chi connectivity index (χ0n) is 12.0. The zero-order valence-corrected chi connectivity index (χ0v) is 12.0. The van der Waals surface area contributed by atoms with Crippen molar-refractivity contribution in [3.63, 3.8) is 0 Å². The van der Waals surface area contributed by atoms with Gasteiger partial charge in [0.25, 0.3) is 0 Å². The molecule has 0 aliphatic carbocycles. The van der Waals surface area contributed by atoms with E-state index in [0.717, 1.165) is 57.7 Å². The summed E-state index contributed by atoms with van der Waals surface area (Å²) in [4.78, 5) is 4.87. The minimum Gasteiger partial charge on any atom is -0.330 e. The van der Waals surface area contributed by atoms with Gasteiger partial charge < -0.3 is 10.6 Å². The topological polar surface area (TPSA) is 63.2 Å². The van der Waals surface area contributed by atoms with Gasteiger partial charge in [-0.2, -0.15) is 0 Å². The number of nitrogens with zero attached hydrogens (tertiary/aromatic N) is 5. The number of aryl methyl sites for hydroxylation is 1. The predicted molar refractivity (Wildman–Crippen MR) is 76.0 cm³/mol. The largest absolute Gasteiger partial charge is 0.330 e. The van der Waals surface area contributed by atoms with Gasteiger partial charge in [0, 0.05) is 38.9 Å². The Morgan fingerprint density at radius 1 is 1.16 bits per heavy atom. The van der Waals surface area contributed by atoms with Crippen LogP contribution in [0.3, 0.4) is 0 Å². The summed E-state index contributed by atoms with van der Waals surface area (Å²) in [6.45, 7) is 7.43. The molecule has 0 aromatic carbocycles. The van der Waals surface area contributed by atoms with Crippen molar-refractivity contribution in [1.82, 2.24) is 24.8 Å². The second-order valence-corrected chi connectivity index (χ2v) is 5.36. The van der Waals surface area contributed by atoms with Gasteiger partial charge in [-0.15, -0.1) is 5.10 Å². The second kappa shape index (κ2) is 7.57. The highest BCUT2D eigenvalue weighted by Crippen LogP contribution is 2.02. The summed E-state index contributed by atoms with van der Waals surface area (Å²) in [5, 5.41) is 8.40. The standard InChI is InChI=1S/C13H26N6/c1-17-6-8-18(9-7-17)10-11-19-12-13(15-16-19)4-2-3-5-14/h12H,2-11,14H2,1H3. The van der Waals surface area contributed by atoms with E-state index in [1.54, 1.807) is 0 Å². The SMILES string of the molecule is CN1CCN(CCn2cc(CCCCN)nn2)CC1. The number of hydrogen-bond acceptors (Lipinski definition) is 5. The van der Waals surface area contributed by atoms with Crippen LogP contribution in [0.4, 0.5) is 0 Å². The zero-order chi connectivity index (χ0) is 13.5. The van der Waals surface area contributed by atoms with Crippen LogP contribution in [-0.2, 0) is 13.0 Å². The molecule has 2 N–H and O–H groups in total. The highest BCUT2D eigenvalue weighted by molar-refractivity contribution is 4.92. The van der Waals surface area contributed by atoms with E-state index in [1.807, 2.05) is 4.68 Å². The molecule has 0 radical (unpaired) electrons. The van der Waals surface area contributed by atoms with Crippen LogP contribution in [-0.4, -0.2) is 71.1 Å². The summed E-state index contributed by atoms with van der Waals surface area (Å²) < 4.78 is 1.97. The van der Waals surface area contributed by atoms with Gasteiger partial charge in [-0.3, -0.25) is 9.58 Å². The first-order chi connectivity index (χ1) is 9.28. The molecule has 1 aliphatic heterocycles. The highest BCUT2D eigenvalue weighted by Gasteiger charge is 2.13. The van der Waals surface area contributed by atoms with Gasteiger partial charge in [-0.05, 0) is 32.9 Å². The van der Waals surface area contributed by atoms with Crippen molar-refractivity contribution < 1.29 is 0 Å². The van der Waals surface area contributed by atoms with Crippen molar-refractivity contribution in [2.75, 3.05) is 46.3 Å². The molecule has 0 unspecified atom stereocenters. The van der Waals surface area contributed by atoms with E-state index in [2.05, 4.69) is 33.4 Å². The molecule has 2 heterocycles. The third kappa shape index (κ3) is 4.89. The van der Waals surface area contributed by atoms with E-state index in [0.29, 0.717) is 0 Å². The molecule has 6 nitrogen and oxygen atoms in total. The van der Waals surface area contributed by atoms with Crippen LogP contribution in [0, 0.1) is 0 Å². The van der Waals surface area contributed by atoms with E-state index in [9.17, 15) is 0 Å². The van der Waals surface area contributed by atoms with Gasteiger partial charge in [0.05, 0.1) is 12.2 Å². The van der Waals surface area contributed by atoms with Crippen LogP contribution >= 0.6 is 0 Å². The molecule has 19 heavy (non-hydrogen) atoms. The molecule has 0 spiro atoms. The average molecular weight is 266 g/mol. The van der Waals surface area contributed by atoms with Gasteiger partial charge in [0.15, 0.2) is 0 Å². The van der Waals surface area contributed by atoms with Crippen LogP contribution in [0.1, 0.15) is 18.5 Å². The van der Waals surface area contributed by atoms with Crippen molar-refractivity contribution in [3.8, 4) is 0 Å². The Kier molecular flexibility index (Phi) is 5.75. The fourth-order valence-electron chi connectivity index (χ4n) is 2.33. The first-order valence-corrected chi connectivity index (χ1v) is 7.28. The Morgan fingerprint density at radius 2 is 1.95 bits per heavy atom. The van der Waals surface area contributed by atoms with Gasteiger partial charge in [-0.1, -0.05) is 5.21 Å². The van der Waals surface area contributed by atoms with Gasteiger partial charge >= 0.3 is 0 Å². The Bertz CT molecular complexity index is 356. The Hall–Kier alpha value is -0.980. The van der Waals surface area contributed by atoms with Crippen LogP contribution in [0.25, 0.3) is 0 Å². The van der Waals surface area contributed by atoms with Gasteiger partial charge in [-0.25, -0.2) is 0 Å². The number of rotatable bonds is 7. The molecular weight excluding hydrogens is 240 g/mol. The van der Waals surface area contributed by atoms with Crippen molar-refractivity contribution in [2.45, 2.75) is 25.8 Å². The first-order valence-electron chi connectivity index (χ1n) is 7.28. The highest BCUT2D eigenvalue weighted by atomic mass is 15.4. The molecule has 1 aromatic heterocycles. The molecule has 1 aromatic rings. The first kappa shape index (κ1) is 14.4. The number of aromatic nitrogens is 3. The maximum Gasteiger partial charge on any atom is 0.0827 e. The molecule has 6 heteroatoms. The fourth-order valence-corrected chi connectivity index (χ4v) is 2.33. The molecule has 0 atom stereocenters. The lowest BCUT2D eigenvalue weighted by atomic mass is 10.2. The summed E-state index contributed by atoms with van der Waals surface area (Å²) in [5.74, 6) is 0. The van der Waals surface area contributed by atoms with E-state index < -0.39 is 0 Å². The molecule has 0 bridgehead atoms. The molecule has 2 rings (SSSR count). The maximum absolute atomic E-state index is 5.49. The van der Waals surface area contributed by atoms with Crippen LogP contribution in [0.2, 0.25) is 0 Å². The number of hydrogen-bond donors (Lipinski definition) is 1. The molecule has 0 amide bonds. The van der Waals surface area contributed by atoms with Gasteiger partial charge in [0.1, 0.15) is 0 Å². The van der Waals surface area contributed by atoms with Crippen LogP contribution < -0.4 is 5.73 Å². The summed E-state index contributed by atoms with van der Waals surface area (Å²) in [6, 6.07) is 0. The average Bonchev–Trinajstić information content (AvgIpc) is 2.86. The molecular formula is C13H26N6. The summed E-state index contributed by atoms with van der Waals surface area (Å²) >= 11 is 0. The van der Waals surface area contributed by atoms with E-state index in [1.165, 1.54) is 13.1 Å². The van der Waals surface area contributed by atoms with Crippen LogP contribution in [0.5, 0.6) is 0 Å². The van der Waals surface area contributed by atoms with Crippen molar-refractivity contribution in [1.29, 1.82) is 0 Å². The molecule has 1 fully saturated rings. The van der Waals surface area contributed by atoms with Gasteiger partial charge in [0.2, 0.25) is 0 Å². The summed E-state index contributed by atoms with van der Waals surface area (Å²) in [6.07, 6.45) is 5.24. The number of unbranched alkanes of at least 4 members (excludes halogenated alkanes) is 1. The lowest BCUT2D eigenvalue weighted by molar-refractivity contribution is 0.148. The minimum atomic E-state index is 0.761. The predicted octanol–water partition coefficient (Wildman–Crippen LogP) is -0.193. The second-order valence-electron chi connectivity index (χ2n) is 5.36. The molecule has 108 valence electrons. The third-order valence-corrected chi connectivity index (χ3v) is 3.71. The summed E-state index contributed by atoms with van der Waals surface area (Å²) in [5.41, 5.74) is 6.58. The summed E-state index contributed by atoms with van der Waals surface area (Å²) in [7, 11) is 2.18. The number of likely N-dealkylation sites (N-methyl/N-ethyl adjacent to an activating group) is 1. The smallest absolute Gasteiger partial charge is 0.0827 e. The molecule has 0 saturated carbocycles. The Labute approximate surface area is 115 Å². The van der Waals surface area contributed by atoms with Crippen molar-refractivity contribution in [2.24, 2.45) is 5.73 Å². The van der Waals surface area contributed by atoms with E-state index in [4.69, 9.17) is 5.73 Å². The maximum atomic E-state index is 5.49. The monoisotopic (exact) mass is 266 g/mol. The Morgan fingerprint density at radius 3 is 2.68 bits per heavy atom. The third-order valence-electron chi connectivity index (χ3n) is 3.71. The normalized spacial score (nSPS) is 18.0. The van der Waals surface area contributed by atoms with E-state index >= 15 is 0 Å². The Balaban J connectivity index is 1.68. The van der Waals surface area contributed by atoms with E-state index in [-0.39, 0.29) is 0 Å². The molecule has 1 saturated heterocycles. The number of nitrogens with two attached hydrogens (primary N) is 1. The van der Waals surface area contributed by atoms with Crippen molar-refractivity contribution >= 4 is 0 Å². The lowest BCUT2D eigenvalue weighted by Gasteiger charge is -2.32. The minimum absolute atomic E-state index is 0.761. The number of piperazine rings is 1. The quantitative estimate of drug-likeness (QED) is 0.693. The van der Waals surface area contributed by atoms with Crippen molar-refractivity contribution in [3.05, 3.63) is 11.9 Å². The molecule has 1 aliphatic rings. The van der Waals surface area contributed by atoms with Crippen LogP contribution in [0.15, 0.2) is 6.20 Å². The fraction of sp³-hybridized carbons (Fsp3) is 0.846. The lowest BCUT2D eigenvalue weighted by Crippen LogP contribution is -2.45.